The van der Waals surface area contributed by atoms with E-state index in [0.717, 1.165) is 25.1 Å². The van der Waals surface area contributed by atoms with Crippen molar-refractivity contribution in [1.29, 1.82) is 0 Å². The number of rotatable bonds is 11. The molecule has 0 aromatic heterocycles. The molecule has 1 aromatic carbocycles. The van der Waals surface area contributed by atoms with E-state index in [0.29, 0.717) is 25.0 Å². The van der Waals surface area contributed by atoms with E-state index in [2.05, 4.69) is 29.5 Å². The van der Waals surface area contributed by atoms with Gasteiger partial charge >= 0.3 is 0 Å². The van der Waals surface area contributed by atoms with Crippen molar-refractivity contribution in [3.05, 3.63) is 35.9 Å². The molecule has 0 spiro atoms. The molecule has 1 rings (SSSR count). The van der Waals surface area contributed by atoms with Crippen LogP contribution in [-0.4, -0.2) is 56.2 Å². The molecule has 1 aromatic rings. The summed E-state index contributed by atoms with van der Waals surface area (Å²) >= 11 is 0. The summed E-state index contributed by atoms with van der Waals surface area (Å²) in [4.78, 5) is 18.5. The van der Waals surface area contributed by atoms with Gasteiger partial charge in [0, 0.05) is 33.3 Å². The smallest absolute Gasteiger partial charge is 0.242 e. The average Bonchev–Trinajstić information content (AvgIpc) is 2.68. The minimum absolute atomic E-state index is 0. The summed E-state index contributed by atoms with van der Waals surface area (Å²) in [7, 11) is 1.71. The molecule has 2 N–H and O–H groups in total. The standard InChI is InChI=1S/C21H36N4O2.HI/c1-6-25(16-18-11-9-8-10-12-18)20(26)15-24-21(22-5)23-14-13-19(17(3)4)27-7-2;/h8-12,17,19H,6-7,13-16H2,1-5H3,(H2,22,23,24);1H. The van der Waals surface area contributed by atoms with Crippen LogP contribution in [0.1, 0.15) is 39.7 Å². The van der Waals surface area contributed by atoms with Crippen molar-refractivity contribution in [3.8, 4) is 0 Å². The number of ether oxygens (including phenoxy) is 1. The summed E-state index contributed by atoms with van der Waals surface area (Å²) in [5, 5.41) is 6.37. The Labute approximate surface area is 187 Å². The molecule has 1 amide bonds. The topological polar surface area (TPSA) is 66.0 Å². The van der Waals surface area contributed by atoms with Crippen LogP contribution in [0.5, 0.6) is 0 Å². The lowest BCUT2D eigenvalue weighted by Crippen LogP contribution is -2.45. The van der Waals surface area contributed by atoms with Crippen molar-refractivity contribution < 1.29 is 9.53 Å². The lowest BCUT2D eigenvalue weighted by Gasteiger charge is -2.23. The van der Waals surface area contributed by atoms with Gasteiger partial charge < -0.3 is 20.3 Å². The molecule has 0 aliphatic rings. The minimum Gasteiger partial charge on any atom is -0.378 e. The third kappa shape index (κ3) is 10.3. The first kappa shape index (κ1) is 26.6. The number of aliphatic imine (C=N–C) groups is 1. The molecule has 0 heterocycles. The molecule has 7 heteroatoms. The van der Waals surface area contributed by atoms with E-state index < -0.39 is 0 Å². The van der Waals surface area contributed by atoms with Gasteiger partial charge in [0.2, 0.25) is 5.91 Å². The first-order chi connectivity index (χ1) is 13.0. The zero-order valence-electron chi connectivity index (χ0n) is 17.9. The summed E-state index contributed by atoms with van der Waals surface area (Å²) in [5.74, 6) is 1.16. The third-order valence-electron chi connectivity index (χ3n) is 4.43. The van der Waals surface area contributed by atoms with Crippen molar-refractivity contribution in [2.75, 3.05) is 33.3 Å². The molecule has 0 fully saturated rings. The van der Waals surface area contributed by atoms with Crippen molar-refractivity contribution >= 4 is 35.8 Å². The number of likely N-dealkylation sites (N-methyl/N-ethyl adjacent to an activating group) is 1. The fourth-order valence-corrected chi connectivity index (χ4v) is 2.83. The van der Waals surface area contributed by atoms with Crippen LogP contribution < -0.4 is 10.6 Å². The van der Waals surface area contributed by atoms with Gasteiger partial charge in [-0.05, 0) is 31.7 Å². The highest BCUT2D eigenvalue weighted by Crippen LogP contribution is 2.09. The number of nitrogens with one attached hydrogen (secondary N) is 2. The van der Waals surface area contributed by atoms with E-state index in [1.165, 1.54) is 0 Å². The zero-order chi connectivity index (χ0) is 20.1. The van der Waals surface area contributed by atoms with Crippen LogP contribution >= 0.6 is 24.0 Å². The number of hydrogen-bond acceptors (Lipinski definition) is 3. The second-order valence-electron chi connectivity index (χ2n) is 6.77. The lowest BCUT2D eigenvalue weighted by atomic mass is 10.0. The van der Waals surface area contributed by atoms with Gasteiger partial charge in [-0.2, -0.15) is 0 Å². The minimum atomic E-state index is 0. The van der Waals surface area contributed by atoms with Crippen LogP contribution in [0.15, 0.2) is 35.3 Å². The Morgan fingerprint density at radius 3 is 2.39 bits per heavy atom. The first-order valence-corrected chi connectivity index (χ1v) is 9.89. The Bertz CT molecular complexity index is 567. The van der Waals surface area contributed by atoms with Crippen LogP contribution in [0.25, 0.3) is 0 Å². The van der Waals surface area contributed by atoms with Gasteiger partial charge in [-0.25, -0.2) is 0 Å². The zero-order valence-corrected chi connectivity index (χ0v) is 20.2. The lowest BCUT2D eigenvalue weighted by molar-refractivity contribution is -0.130. The molecule has 1 unspecified atom stereocenters. The van der Waals surface area contributed by atoms with E-state index in [1.807, 2.05) is 49.1 Å². The third-order valence-corrected chi connectivity index (χ3v) is 4.43. The number of hydrogen-bond donors (Lipinski definition) is 2. The summed E-state index contributed by atoms with van der Waals surface area (Å²) < 4.78 is 5.76. The highest BCUT2D eigenvalue weighted by atomic mass is 127. The highest BCUT2D eigenvalue weighted by molar-refractivity contribution is 14.0. The van der Waals surface area contributed by atoms with Crippen molar-refractivity contribution in [2.45, 2.75) is 46.8 Å². The van der Waals surface area contributed by atoms with Crippen LogP contribution in [0.3, 0.4) is 0 Å². The molecule has 0 saturated heterocycles. The van der Waals surface area contributed by atoms with Gasteiger partial charge in [0.05, 0.1) is 12.6 Å². The number of amides is 1. The van der Waals surface area contributed by atoms with Gasteiger partial charge in [0.25, 0.3) is 0 Å². The second kappa shape index (κ2) is 15.6. The normalized spacial score (nSPS) is 12.3. The summed E-state index contributed by atoms with van der Waals surface area (Å²) in [6, 6.07) is 10.0. The summed E-state index contributed by atoms with van der Waals surface area (Å²) in [6.07, 6.45) is 1.12. The Morgan fingerprint density at radius 1 is 1.18 bits per heavy atom. The predicted molar refractivity (Wildman–Crippen MR) is 127 cm³/mol. The molecule has 6 nitrogen and oxygen atoms in total. The summed E-state index contributed by atoms with van der Waals surface area (Å²) in [6.45, 7) is 11.3. The molecular formula is C21H37IN4O2. The number of halogens is 1. The SMILES string of the molecule is CCOC(CCNC(=NC)NCC(=O)N(CC)Cc1ccccc1)C(C)C.I. The van der Waals surface area contributed by atoms with Crippen LogP contribution in [0.4, 0.5) is 0 Å². The number of carbonyl (C=O) groups is 1. The van der Waals surface area contributed by atoms with Crippen LogP contribution in [0, 0.1) is 5.92 Å². The van der Waals surface area contributed by atoms with Crippen LogP contribution in [-0.2, 0) is 16.1 Å². The van der Waals surface area contributed by atoms with Gasteiger partial charge in [0.1, 0.15) is 0 Å². The molecule has 0 aliphatic heterocycles. The quantitative estimate of drug-likeness (QED) is 0.276. The molecule has 0 saturated carbocycles. The first-order valence-electron chi connectivity index (χ1n) is 9.89. The molecule has 0 radical (unpaired) electrons. The Morgan fingerprint density at radius 2 is 1.86 bits per heavy atom. The van der Waals surface area contributed by atoms with Crippen molar-refractivity contribution in [2.24, 2.45) is 10.9 Å². The Hall–Kier alpha value is -1.35. The largest absolute Gasteiger partial charge is 0.378 e. The van der Waals surface area contributed by atoms with Crippen LogP contribution in [0.2, 0.25) is 0 Å². The Kier molecular flexibility index (Phi) is 14.8. The summed E-state index contributed by atoms with van der Waals surface area (Å²) in [5.41, 5.74) is 1.13. The molecule has 0 aliphatic carbocycles. The van der Waals surface area contributed by atoms with Crippen molar-refractivity contribution in [1.82, 2.24) is 15.5 Å². The molecule has 160 valence electrons. The maximum Gasteiger partial charge on any atom is 0.242 e. The number of nitrogens with zero attached hydrogens (tertiary/aromatic N) is 2. The molecule has 28 heavy (non-hydrogen) atoms. The maximum atomic E-state index is 12.5. The van der Waals surface area contributed by atoms with E-state index >= 15 is 0 Å². The van der Waals surface area contributed by atoms with Gasteiger partial charge in [-0.15, -0.1) is 24.0 Å². The van der Waals surface area contributed by atoms with Gasteiger partial charge in [-0.1, -0.05) is 44.2 Å². The fraction of sp³-hybridized carbons (Fsp3) is 0.619. The molecule has 1 atom stereocenters. The number of guanidine groups is 1. The van der Waals surface area contributed by atoms with E-state index in [1.54, 1.807) is 7.05 Å². The number of carbonyl (C=O) groups excluding carboxylic acids is 1. The van der Waals surface area contributed by atoms with Gasteiger partial charge in [-0.3, -0.25) is 9.79 Å². The molecule has 0 bridgehead atoms. The average molecular weight is 504 g/mol. The second-order valence-corrected chi connectivity index (χ2v) is 6.77. The molecular weight excluding hydrogens is 467 g/mol. The monoisotopic (exact) mass is 504 g/mol. The van der Waals surface area contributed by atoms with E-state index in [9.17, 15) is 4.79 Å². The predicted octanol–water partition coefficient (Wildman–Crippen LogP) is 3.27. The van der Waals surface area contributed by atoms with Gasteiger partial charge in [0.15, 0.2) is 5.96 Å². The number of benzene rings is 1. The Balaban J connectivity index is 0.00000729. The van der Waals surface area contributed by atoms with E-state index in [-0.39, 0.29) is 42.5 Å². The van der Waals surface area contributed by atoms with Crippen molar-refractivity contribution in [3.63, 3.8) is 0 Å². The fourth-order valence-electron chi connectivity index (χ4n) is 2.83. The highest BCUT2D eigenvalue weighted by Gasteiger charge is 2.14. The van der Waals surface area contributed by atoms with E-state index in [4.69, 9.17) is 4.74 Å². The maximum absolute atomic E-state index is 12.5.